The third kappa shape index (κ3) is 2.72. The van der Waals surface area contributed by atoms with Crippen molar-refractivity contribution in [1.29, 1.82) is 0 Å². The van der Waals surface area contributed by atoms with Crippen molar-refractivity contribution in [2.24, 2.45) is 0 Å². The summed E-state index contributed by atoms with van der Waals surface area (Å²) in [7, 11) is 0. The maximum absolute atomic E-state index is 12.7. The fraction of sp³-hybridized carbons (Fsp3) is 0.133. The van der Waals surface area contributed by atoms with Gasteiger partial charge >= 0.3 is 11.7 Å². The molecular formula is C15H12N6O3S. The zero-order valence-electron chi connectivity index (χ0n) is 12.8. The molecule has 0 radical (unpaired) electrons. The normalized spacial score (nSPS) is 13.1. The maximum Gasteiger partial charge on any atom is 0.365 e. The summed E-state index contributed by atoms with van der Waals surface area (Å²) in [5.74, 6) is -0.147. The van der Waals surface area contributed by atoms with Crippen LogP contribution in [0, 0.1) is 0 Å². The lowest BCUT2D eigenvalue weighted by molar-refractivity contribution is -0.117. The van der Waals surface area contributed by atoms with Crippen LogP contribution in [0.5, 0.6) is 0 Å². The number of amides is 2. The van der Waals surface area contributed by atoms with E-state index >= 15 is 0 Å². The highest BCUT2D eigenvalue weighted by Gasteiger charge is 2.33. The highest BCUT2D eigenvalue weighted by atomic mass is 32.1. The van der Waals surface area contributed by atoms with Crippen molar-refractivity contribution >= 4 is 34.1 Å². The summed E-state index contributed by atoms with van der Waals surface area (Å²) in [4.78, 5) is 46.2. The van der Waals surface area contributed by atoms with E-state index in [1.54, 1.807) is 23.7 Å². The minimum Gasteiger partial charge on any atom is -0.300 e. The predicted molar refractivity (Wildman–Crippen MR) is 90.6 cm³/mol. The number of benzene rings is 1. The van der Waals surface area contributed by atoms with Crippen LogP contribution in [0.2, 0.25) is 0 Å². The van der Waals surface area contributed by atoms with Gasteiger partial charge in [-0.05, 0) is 12.1 Å². The van der Waals surface area contributed by atoms with Crippen LogP contribution < -0.4 is 15.9 Å². The molecule has 10 heteroatoms. The zero-order valence-corrected chi connectivity index (χ0v) is 13.6. The van der Waals surface area contributed by atoms with Crippen molar-refractivity contribution in [2.45, 2.75) is 13.1 Å². The summed E-state index contributed by atoms with van der Waals surface area (Å²) in [6.45, 7) is -0.140. The van der Waals surface area contributed by atoms with E-state index in [0.29, 0.717) is 16.6 Å². The van der Waals surface area contributed by atoms with E-state index in [4.69, 9.17) is 0 Å². The van der Waals surface area contributed by atoms with Crippen molar-refractivity contribution in [3.63, 3.8) is 0 Å². The first-order chi connectivity index (χ1) is 12.1. The number of thiazole rings is 1. The highest BCUT2D eigenvalue weighted by molar-refractivity contribution is 7.13. The fourth-order valence-electron chi connectivity index (χ4n) is 2.61. The van der Waals surface area contributed by atoms with Gasteiger partial charge in [0.25, 0.3) is 0 Å². The molecule has 0 saturated carbocycles. The van der Waals surface area contributed by atoms with E-state index in [0.717, 1.165) is 9.36 Å². The molecule has 1 N–H and O–H groups in total. The number of carbonyl (C=O) groups is 2. The molecule has 4 rings (SSSR count). The molecule has 3 aromatic rings. The number of anilines is 2. The van der Waals surface area contributed by atoms with Gasteiger partial charge in [-0.25, -0.2) is 19.3 Å². The molecule has 1 aliphatic heterocycles. The number of fused-ring (bicyclic) bond motifs is 1. The Balaban J connectivity index is 1.60. The lowest BCUT2D eigenvalue weighted by Crippen LogP contribution is -2.36. The Morgan fingerprint density at radius 2 is 2.04 bits per heavy atom. The molecule has 0 aliphatic carbocycles. The van der Waals surface area contributed by atoms with Crippen LogP contribution in [0.1, 0.15) is 5.82 Å². The number of carbonyl (C=O) groups excluding carboxylic acids is 2. The quantitative estimate of drug-likeness (QED) is 0.755. The van der Waals surface area contributed by atoms with Gasteiger partial charge in [-0.15, -0.1) is 11.3 Å². The lowest BCUT2D eigenvalue weighted by atomic mass is 10.3. The van der Waals surface area contributed by atoms with E-state index in [-0.39, 0.29) is 13.1 Å². The van der Waals surface area contributed by atoms with Gasteiger partial charge in [0.05, 0.1) is 6.54 Å². The molecule has 0 spiro atoms. The third-order valence-electron chi connectivity index (χ3n) is 3.68. The third-order valence-corrected chi connectivity index (χ3v) is 4.37. The van der Waals surface area contributed by atoms with Gasteiger partial charge in [0.15, 0.2) is 11.0 Å². The van der Waals surface area contributed by atoms with Gasteiger partial charge in [0.1, 0.15) is 6.54 Å². The largest absolute Gasteiger partial charge is 0.365 e. The minimum absolute atomic E-state index is 0.180. The predicted octanol–water partition coefficient (Wildman–Crippen LogP) is 1.13. The summed E-state index contributed by atoms with van der Waals surface area (Å²) in [5.41, 5.74) is 0.0644. The van der Waals surface area contributed by atoms with E-state index in [2.05, 4.69) is 15.3 Å². The molecular weight excluding hydrogens is 344 g/mol. The molecule has 0 bridgehead atoms. The molecule has 25 heavy (non-hydrogen) atoms. The molecule has 0 atom stereocenters. The number of nitrogens with one attached hydrogen (secondary N) is 1. The first kappa shape index (κ1) is 15.3. The van der Waals surface area contributed by atoms with E-state index < -0.39 is 17.6 Å². The molecule has 1 aromatic carbocycles. The summed E-state index contributed by atoms with van der Waals surface area (Å²) in [6.07, 6.45) is 1.56. The number of rotatable bonds is 4. The van der Waals surface area contributed by atoms with Gasteiger partial charge in [-0.2, -0.15) is 9.67 Å². The Morgan fingerprint density at radius 3 is 2.76 bits per heavy atom. The van der Waals surface area contributed by atoms with E-state index in [1.165, 1.54) is 16.2 Å². The number of nitrogens with zero attached hydrogens (tertiary/aromatic N) is 5. The van der Waals surface area contributed by atoms with Crippen molar-refractivity contribution in [3.8, 4) is 0 Å². The second-order valence-corrected chi connectivity index (χ2v) is 6.16. The zero-order chi connectivity index (χ0) is 17.4. The Labute approximate surface area is 145 Å². The van der Waals surface area contributed by atoms with E-state index in [9.17, 15) is 14.4 Å². The van der Waals surface area contributed by atoms with Crippen molar-refractivity contribution < 1.29 is 9.59 Å². The maximum atomic E-state index is 12.7. The molecule has 0 unspecified atom stereocenters. The fourth-order valence-corrected chi connectivity index (χ4v) is 3.15. The molecule has 2 amide bonds. The van der Waals surface area contributed by atoms with Gasteiger partial charge in [-0.3, -0.25) is 9.69 Å². The summed E-state index contributed by atoms with van der Waals surface area (Å²) in [6, 6.07) is 8.65. The van der Waals surface area contributed by atoms with Crippen molar-refractivity contribution in [1.82, 2.24) is 19.3 Å². The smallest absolute Gasteiger partial charge is 0.300 e. The van der Waals surface area contributed by atoms with Crippen LogP contribution in [0.25, 0.3) is 0 Å². The van der Waals surface area contributed by atoms with Crippen molar-refractivity contribution in [2.75, 3.05) is 10.2 Å². The lowest BCUT2D eigenvalue weighted by Gasteiger charge is -2.15. The topological polar surface area (TPSA) is 102 Å². The number of hydrogen-bond donors (Lipinski definition) is 1. The second-order valence-electron chi connectivity index (χ2n) is 5.27. The molecule has 1 aliphatic rings. The molecule has 0 saturated heterocycles. The van der Waals surface area contributed by atoms with Gasteiger partial charge < -0.3 is 5.32 Å². The average molecular weight is 356 g/mol. The summed E-state index contributed by atoms with van der Waals surface area (Å²) in [5, 5.41) is 4.73. The minimum atomic E-state index is -0.634. The van der Waals surface area contributed by atoms with Crippen LogP contribution >= 0.6 is 11.3 Å². The number of aromatic nitrogens is 4. The standard InChI is InChI=1S/C15H12N6O3S/c22-12(18-13-16-6-7-25-13)9-20-14(23)17-11-8-19(15(24)21(11)20)10-4-2-1-3-5-10/h1-7H,8-9H2,(H,16,18,22). The molecule has 0 fully saturated rings. The van der Waals surface area contributed by atoms with Gasteiger partial charge in [0, 0.05) is 17.3 Å². The van der Waals surface area contributed by atoms with Crippen LogP contribution in [-0.4, -0.2) is 31.3 Å². The SMILES string of the molecule is O=C(Cn1c(=O)nc2n1C(=O)N(c1ccccc1)C2)Nc1nccs1. The van der Waals surface area contributed by atoms with Gasteiger partial charge in [-0.1, -0.05) is 18.2 Å². The first-order valence-corrected chi connectivity index (χ1v) is 8.26. The van der Waals surface area contributed by atoms with Crippen LogP contribution in [0.3, 0.4) is 0 Å². The van der Waals surface area contributed by atoms with E-state index in [1.807, 2.05) is 18.2 Å². The first-order valence-electron chi connectivity index (χ1n) is 7.38. The monoisotopic (exact) mass is 356 g/mol. The molecule has 126 valence electrons. The summed E-state index contributed by atoms with van der Waals surface area (Å²) >= 11 is 1.26. The van der Waals surface area contributed by atoms with Crippen LogP contribution in [-0.2, 0) is 17.9 Å². The van der Waals surface area contributed by atoms with Crippen LogP contribution in [0.15, 0.2) is 46.7 Å². The highest BCUT2D eigenvalue weighted by Crippen LogP contribution is 2.22. The average Bonchev–Trinajstić information content (AvgIpc) is 3.28. The second kappa shape index (κ2) is 5.98. The van der Waals surface area contributed by atoms with Crippen molar-refractivity contribution in [3.05, 3.63) is 58.2 Å². The molecule has 9 nitrogen and oxygen atoms in total. The Morgan fingerprint density at radius 1 is 1.24 bits per heavy atom. The Bertz CT molecular complexity index is 992. The number of para-hydroxylation sites is 1. The molecule has 3 heterocycles. The van der Waals surface area contributed by atoms with Gasteiger partial charge in [0.2, 0.25) is 5.91 Å². The van der Waals surface area contributed by atoms with Crippen LogP contribution in [0.4, 0.5) is 15.6 Å². The number of hydrogen-bond acceptors (Lipinski definition) is 6. The summed E-state index contributed by atoms with van der Waals surface area (Å²) < 4.78 is 2.18. The Hall–Kier alpha value is -3.27. The molecule has 2 aromatic heterocycles. The Kier molecular flexibility index (Phi) is 3.65.